The van der Waals surface area contributed by atoms with Gasteiger partial charge in [-0.25, -0.2) is 29.9 Å². The molecule has 9 heteroatoms. The van der Waals surface area contributed by atoms with E-state index < -0.39 is 0 Å². The third-order valence-electron chi connectivity index (χ3n) is 8.88. The molecule has 9 aromatic rings. The number of aromatic nitrogens is 6. The van der Waals surface area contributed by atoms with Gasteiger partial charge in [-0.05, 0) is 60.7 Å². The lowest BCUT2D eigenvalue weighted by atomic mass is 10.1. The minimum atomic E-state index is 0.484. The smallest absolute Gasteiger partial charge is 0.165 e. The van der Waals surface area contributed by atoms with Crippen LogP contribution in [0.4, 0.5) is 0 Å². The molecule has 8 nitrogen and oxygen atoms in total. The van der Waals surface area contributed by atoms with E-state index in [0.29, 0.717) is 46.1 Å². The van der Waals surface area contributed by atoms with Gasteiger partial charge in [-0.15, -0.1) is 11.3 Å². The highest BCUT2D eigenvalue weighted by atomic mass is 32.1. The van der Waals surface area contributed by atoms with Crippen molar-refractivity contribution in [2.75, 3.05) is 0 Å². The van der Waals surface area contributed by atoms with Crippen molar-refractivity contribution in [2.24, 2.45) is 0 Å². The number of benzene rings is 6. The highest BCUT2D eigenvalue weighted by Gasteiger charge is 2.18. The first kappa shape index (κ1) is 31.5. The second-order valence-electron chi connectivity index (χ2n) is 12.2. The van der Waals surface area contributed by atoms with E-state index in [1.165, 1.54) is 0 Å². The number of hydrogen-bond acceptors (Lipinski definition) is 9. The van der Waals surface area contributed by atoms with Crippen LogP contribution < -0.4 is 0 Å². The second kappa shape index (κ2) is 13.3. The molecule has 0 N–H and O–H groups in total. The normalized spacial score (nSPS) is 11.0. The molecule has 9 rings (SSSR count). The Morgan fingerprint density at radius 3 is 1.30 bits per heavy atom. The fourth-order valence-electron chi connectivity index (χ4n) is 6.19. The van der Waals surface area contributed by atoms with Crippen LogP contribution >= 0.6 is 11.3 Å². The van der Waals surface area contributed by atoms with Gasteiger partial charge < -0.3 is 0 Å². The highest BCUT2D eigenvalue weighted by Crippen LogP contribution is 2.41. The van der Waals surface area contributed by atoms with Gasteiger partial charge in [0, 0.05) is 53.6 Å². The quantitative estimate of drug-likeness (QED) is 0.168. The summed E-state index contributed by atoms with van der Waals surface area (Å²) in [6, 6.07) is 51.1. The Morgan fingerprint density at radius 1 is 0.377 bits per heavy atom. The predicted molar refractivity (Wildman–Crippen MR) is 208 cm³/mol. The summed E-state index contributed by atoms with van der Waals surface area (Å²) in [5.74, 6) is 3.30. The summed E-state index contributed by atoms with van der Waals surface area (Å²) in [4.78, 5) is 29.5. The number of rotatable bonds is 6. The summed E-state index contributed by atoms with van der Waals surface area (Å²) in [5, 5.41) is 20.9. The van der Waals surface area contributed by atoms with Gasteiger partial charge in [0.25, 0.3) is 0 Å². The zero-order valence-electron chi connectivity index (χ0n) is 27.8. The van der Waals surface area contributed by atoms with Gasteiger partial charge in [0.2, 0.25) is 0 Å². The highest BCUT2D eigenvalue weighted by molar-refractivity contribution is 7.26. The molecule has 0 saturated carbocycles. The number of thiophene rings is 1. The molecule has 0 atom stereocenters. The molecule has 53 heavy (non-hydrogen) atoms. The average Bonchev–Trinajstić information content (AvgIpc) is 3.62. The molecule has 0 aliphatic heterocycles. The number of fused-ring (bicyclic) bond motifs is 3. The first-order chi connectivity index (χ1) is 26.1. The molecule has 0 bridgehead atoms. The Kier molecular flexibility index (Phi) is 7.94. The molecule has 0 saturated heterocycles. The number of nitrogens with zero attached hydrogens (tertiary/aromatic N) is 8. The molecular formula is C44H24N8S. The molecule has 0 aliphatic rings. The average molecular weight is 697 g/mol. The van der Waals surface area contributed by atoms with Crippen LogP contribution in [-0.2, 0) is 0 Å². The second-order valence-corrected chi connectivity index (χ2v) is 13.3. The number of nitriles is 2. The molecule has 246 valence electrons. The van der Waals surface area contributed by atoms with Crippen LogP contribution in [0.25, 0.3) is 88.5 Å². The topological polar surface area (TPSA) is 125 Å². The van der Waals surface area contributed by atoms with Crippen LogP contribution in [0, 0.1) is 22.7 Å². The molecule has 0 amide bonds. The van der Waals surface area contributed by atoms with E-state index >= 15 is 0 Å². The lowest BCUT2D eigenvalue weighted by Gasteiger charge is -2.09. The Hall–Kier alpha value is -7.46. The van der Waals surface area contributed by atoms with Crippen molar-refractivity contribution in [3.63, 3.8) is 0 Å². The molecular weight excluding hydrogens is 673 g/mol. The summed E-state index contributed by atoms with van der Waals surface area (Å²) in [5.41, 5.74) is 6.21. The fourth-order valence-corrected chi connectivity index (χ4v) is 7.44. The summed E-state index contributed by atoms with van der Waals surface area (Å²) in [7, 11) is 0. The molecule has 0 aliphatic carbocycles. The summed E-state index contributed by atoms with van der Waals surface area (Å²) < 4.78 is 2.11. The van der Waals surface area contributed by atoms with E-state index in [1.807, 2.05) is 97.1 Å². The Morgan fingerprint density at radius 2 is 0.811 bits per heavy atom. The monoisotopic (exact) mass is 696 g/mol. The minimum absolute atomic E-state index is 0.484. The van der Waals surface area contributed by atoms with Crippen molar-refractivity contribution >= 4 is 31.5 Å². The van der Waals surface area contributed by atoms with Gasteiger partial charge in [0.05, 0.1) is 23.3 Å². The van der Waals surface area contributed by atoms with E-state index in [2.05, 4.69) is 36.4 Å². The van der Waals surface area contributed by atoms with Gasteiger partial charge >= 0.3 is 0 Å². The molecule has 0 radical (unpaired) electrons. The van der Waals surface area contributed by atoms with E-state index in [9.17, 15) is 10.5 Å². The third-order valence-corrected chi connectivity index (χ3v) is 10.1. The predicted octanol–water partition coefficient (Wildman–Crippen LogP) is 10.2. The van der Waals surface area contributed by atoms with Gasteiger partial charge in [0.15, 0.2) is 34.9 Å². The Labute approximate surface area is 308 Å². The fraction of sp³-hybridized carbons (Fsp3) is 0. The maximum Gasteiger partial charge on any atom is 0.165 e. The van der Waals surface area contributed by atoms with Crippen LogP contribution in [0.3, 0.4) is 0 Å². The van der Waals surface area contributed by atoms with E-state index in [0.717, 1.165) is 53.6 Å². The maximum absolute atomic E-state index is 9.37. The Bertz CT molecular complexity index is 2760. The van der Waals surface area contributed by atoms with Crippen molar-refractivity contribution < 1.29 is 0 Å². The van der Waals surface area contributed by atoms with Gasteiger partial charge in [0.1, 0.15) is 0 Å². The summed E-state index contributed by atoms with van der Waals surface area (Å²) in [6.45, 7) is 0. The minimum Gasteiger partial charge on any atom is -0.208 e. The first-order valence-corrected chi connectivity index (χ1v) is 17.6. The van der Waals surface area contributed by atoms with Gasteiger partial charge in [-0.3, -0.25) is 0 Å². The number of hydrogen-bond donors (Lipinski definition) is 0. The third kappa shape index (κ3) is 6.04. The zero-order chi connectivity index (χ0) is 35.7. The molecule has 0 spiro atoms. The molecule has 0 unspecified atom stereocenters. The van der Waals surface area contributed by atoms with Crippen molar-refractivity contribution in [3.8, 4) is 80.5 Å². The van der Waals surface area contributed by atoms with Crippen molar-refractivity contribution in [1.82, 2.24) is 29.9 Å². The molecule has 3 heterocycles. The standard InChI is InChI=1S/C44H24N8S/c45-25-27-14-18-31(19-15-27)41-48-42(32-20-16-28(26-46)17-21-32)52-44(51-41)36-13-7-12-35-34-23-22-33(24-37(34)53-38(35)36)43-49-39(29-8-3-1-4-9-29)47-40(50-43)30-10-5-2-6-11-30/h1-24H. The van der Waals surface area contributed by atoms with E-state index in [4.69, 9.17) is 29.9 Å². The summed E-state index contributed by atoms with van der Waals surface area (Å²) in [6.07, 6.45) is 0. The van der Waals surface area contributed by atoms with Crippen LogP contribution in [0.2, 0.25) is 0 Å². The molecule has 6 aromatic carbocycles. The van der Waals surface area contributed by atoms with Crippen molar-refractivity contribution in [3.05, 3.63) is 157 Å². The first-order valence-electron chi connectivity index (χ1n) is 16.7. The van der Waals surface area contributed by atoms with E-state index in [-0.39, 0.29) is 0 Å². The lowest BCUT2D eigenvalue weighted by Crippen LogP contribution is -2.00. The SMILES string of the molecule is N#Cc1ccc(-c2nc(-c3ccc(C#N)cc3)nc(-c3cccc4c3sc3cc(-c5nc(-c6ccccc6)nc(-c6ccccc6)n5)ccc34)n2)cc1. The van der Waals surface area contributed by atoms with E-state index in [1.54, 1.807) is 35.6 Å². The van der Waals surface area contributed by atoms with Crippen LogP contribution in [0.15, 0.2) is 146 Å². The molecule has 3 aromatic heterocycles. The van der Waals surface area contributed by atoms with Crippen LogP contribution in [0.5, 0.6) is 0 Å². The largest absolute Gasteiger partial charge is 0.208 e. The molecule has 0 fully saturated rings. The zero-order valence-corrected chi connectivity index (χ0v) is 28.7. The van der Waals surface area contributed by atoms with Gasteiger partial charge in [-0.1, -0.05) is 84.9 Å². The summed E-state index contributed by atoms with van der Waals surface area (Å²) >= 11 is 1.66. The van der Waals surface area contributed by atoms with Crippen molar-refractivity contribution in [1.29, 1.82) is 10.5 Å². The Balaban J connectivity index is 1.19. The van der Waals surface area contributed by atoms with Crippen LogP contribution in [-0.4, -0.2) is 29.9 Å². The van der Waals surface area contributed by atoms with Gasteiger partial charge in [-0.2, -0.15) is 10.5 Å². The lowest BCUT2D eigenvalue weighted by molar-refractivity contribution is 1.07. The maximum atomic E-state index is 9.37. The van der Waals surface area contributed by atoms with Crippen LogP contribution in [0.1, 0.15) is 11.1 Å². The van der Waals surface area contributed by atoms with Crippen molar-refractivity contribution in [2.45, 2.75) is 0 Å².